The van der Waals surface area contributed by atoms with Crippen molar-refractivity contribution in [2.45, 2.75) is 26.7 Å². The fourth-order valence-corrected chi connectivity index (χ4v) is 3.50. The normalized spacial score (nSPS) is 15.4. The smallest absolute Gasteiger partial charge is 0.268 e. The fourth-order valence-electron chi connectivity index (χ4n) is 3.39. The van der Waals surface area contributed by atoms with Crippen molar-refractivity contribution in [3.8, 4) is 5.69 Å². The quantitative estimate of drug-likeness (QED) is 0.813. The Morgan fingerprint density at radius 1 is 1.19 bits per heavy atom. The molecular weight excluding hydrogens is 348 g/mol. The molecule has 0 saturated heterocycles. The summed E-state index contributed by atoms with van der Waals surface area (Å²) in [6, 6.07) is 10.6. The van der Waals surface area contributed by atoms with E-state index in [0.29, 0.717) is 42.1 Å². The number of amides is 1. The minimum Gasteiger partial charge on any atom is -0.351 e. The number of thiol groups is 1. The molecule has 1 aliphatic rings. The van der Waals surface area contributed by atoms with Crippen LogP contribution in [0.4, 0.5) is 0 Å². The lowest BCUT2D eigenvalue weighted by Crippen LogP contribution is -2.39. The molecule has 1 aromatic carbocycles. The highest BCUT2D eigenvalue weighted by Crippen LogP contribution is 2.35. The number of fused-ring (bicyclic) bond motifs is 1. The maximum atomic E-state index is 13.1. The molecule has 0 saturated carbocycles. The van der Waals surface area contributed by atoms with Gasteiger partial charge in [-0.15, -0.1) is 0 Å². The molecule has 1 aromatic heterocycles. The SMILES string of the molecule is CC1(C)CC(=O)c2cc(C(=O)NCCS)c(=O)n(-c3ccccc3)c2C1. The first-order chi connectivity index (χ1) is 12.3. The van der Waals surface area contributed by atoms with Crippen LogP contribution in [0.2, 0.25) is 0 Å². The molecule has 26 heavy (non-hydrogen) atoms. The van der Waals surface area contributed by atoms with Crippen molar-refractivity contribution in [2.75, 3.05) is 12.3 Å². The highest BCUT2D eigenvalue weighted by Gasteiger charge is 2.34. The van der Waals surface area contributed by atoms with Crippen molar-refractivity contribution in [2.24, 2.45) is 5.41 Å². The Morgan fingerprint density at radius 3 is 2.54 bits per heavy atom. The van der Waals surface area contributed by atoms with E-state index in [1.165, 1.54) is 10.6 Å². The molecule has 1 N–H and O–H groups in total. The van der Waals surface area contributed by atoms with E-state index in [0.717, 1.165) is 0 Å². The van der Waals surface area contributed by atoms with Crippen LogP contribution in [0.15, 0.2) is 41.2 Å². The van der Waals surface area contributed by atoms with E-state index < -0.39 is 11.5 Å². The molecule has 1 aliphatic carbocycles. The number of benzene rings is 1. The standard InChI is InChI=1S/C20H22N2O3S/c1-20(2)11-16-14(17(23)12-20)10-15(18(24)21-8-9-26)19(25)22(16)13-6-4-3-5-7-13/h3-7,10,26H,8-9,11-12H2,1-2H3,(H,21,24). The average Bonchev–Trinajstić information content (AvgIpc) is 2.59. The summed E-state index contributed by atoms with van der Waals surface area (Å²) < 4.78 is 1.52. The van der Waals surface area contributed by atoms with Gasteiger partial charge in [0.1, 0.15) is 5.56 Å². The van der Waals surface area contributed by atoms with Crippen molar-refractivity contribution >= 4 is 24.3 Å². The molecule has 0 aliphatic heterocycles. The number of hydrogen-bond acceptors (Lipinski definition) is 4. The summed E-state index contributed by atoms with van der Waals surface area (Å²) in [6.45, 7) is 4.38. The van der Waals surface area contributed by atoms with Crippen molar-refractivity contribution < 1.29 is 9.59 Å². The third-order valence-electron chi connectivity index (χ3n) is 4.54. The van der Waals surface area contributed by atoms with Crippen LogP contribution in [0, 0.1) is 5.41 Å². The zero-order valence-electron chi connectivity index (χ0n) is 14.9. The molecule has 0 atom stereocenters. The van der Waals surface area contributed by atoms with Crippen LogP contribution in [0.25, 0.3) is 5.69 Å². The van der Waals surface area contributed by atoms with Gasteiger partial charge in [-0.2, -0.15) is 12.6 Å². The number of carbonyl (C=O) groups excluding carboxylic acids is 2. The number of aromatic nitrogens is 1. The Hall–Kier alpha value is -2.34. The van der Waals surface area contributed by atoms with Gasteiger partial charge in [0, 0.05) is 35.7 Å². The van der Waals surface area contributed by atoms with E-state index in [9.17, 15) is 14.4 Å². The van der Waals surface area contributed by atoms with Gasteiger partial charge in [0.25, 0.3) is 11.5 Å². The second-order valence-electron chi connectivity index (χ2n) is 7.31. The molecule has 1 heterocycles. The lowest BCUT2D eigenvalue weighted by atomic mass is 9.75. The van der Waals surface area contributed by atoms with Gasteiger partial charge in [-0.05, 0) is 30.0 Å². The van der Waals surface area contributed by atoms with Gasteiger partial charge in [0.05, 0.1) is 0 Å². The maximum absolute atomic E-state index is 13.1. The number of nitrogens with zero attached hydrogens (tertiary/aromatic N) is 1. The first-order valence-electron chi connectivity index (χ1n) is 8.61. The largest absolute Gasteiger partial charge is 0.351 e. The van der Waals surface area contributed by atoms with Crippen LogP contribution in [-0.4, -0.2) is 28.6 Å². The summed E-state index contributed by atoms with van der Waals surface area (Å²) in [4.78, 5) is 38.3. The number of pyridine rings is 1. The molecule has 0 spiro atoms. The Bertz CT molecular complexity index is 917. The molecular formula is C20H22N2O3S. The Morgan fingerprint density at radius 2 is 1.88 bits per heavy atom. The van der Waals surface area contributed by atoms with Gasteiger partial charge in [-0.3, -0.25) is 19.0 Å². The number of nitrogens with one attached hydrogen (secondary N) is 1. The van der Waals surface area contributed by atoms with Gasteiger partial charge in [0.15, 0.2) is 5.78 Å². The Kier molecular flexibility index (Phi) is 5.05. The Balaban J connectivity index is 2.27. The first kappa shape index (κ1) is 18.5. The topological polar surface area (TPSA) is 68.2 Å². The minimum absolute atomic E-state index is 0.0116. The monoisotopic (exact) mass is 370 g/mol. The summed E-state index contributed by atoms with van der Waals surface area (Å²) >= 11 is 4.07. The molecule has 3 rings (SSSR count). The predicted octanol–water partition coefficient (Wildman–Crippen LogP) is 2.65. The van der Waals surface area contributed by atoms with E-state index in [-0.39, 0.29) is 16.8 Å². The third kappa shape index (κ3) is 3.46. The van der Waals surface area contributed by atoms with E-state index in [2.05, 4.69) is 17.9 Å². The lowest BCUT2D eigenvalue weighted by Gasteiger charge is -2.32. The molecule has 0 fully saturated rings. The molecule has 0 unspecified atom stereocenters. The van der Waals surface area contributed by atoms with Gasteiger partial charge in [-0.1, -0.05) is 32.0 Å². The zero-order valence-corrected chi connectivity index (χ0v) is 15.8. The third-order valence-corrected chi connectivity index (χ3v) is 4.77. The maximum Gasteiger partial charge on any atom is 0.268 e. The summed E-state index contributed by atoms with van der Waals surface area (Å²) in [6.07, 6.45) is 0.988. The molecule has 0 bridgehead atoms. The minimum atomic E-state index is -0.478. The number of carbonyl (C=O) groups is 2. The van der Waals surface area contributed by atoms with Gasteiger partial charge in [0.2, 0.25) is 0 Å². The van der Waals surface area contributed by atoms with Gasteiger partial charge >= 0.3 is 0 Å². The van der Waals surface area contributed by atoms with Crippen LogP contribution in [-0.2, 0) is 6.42 Å². The highest BCUT2D eigenvalue weighted by molar-refractivity contribution is 7.80. The number of rotatable bonds is 4. The molecule has 1 amide bonds. The van der Waals surface area contributed by atoms with Crippen LogP contribution in [0.5, 0.6) is 0 Å². The second-order valence-corrected chi connectivity index (χ2v) is 7.76. The zero-order chi connectivity index (χ0) is 18.9. The van der Waals surface area contributed by atoms with Crippen LogP contribution in [0.1, 0.15) is 46.7 Å². The summed E-state index contributed by atoms with van der Waals surface area (Å²) in [5, 5.41) is 2.67. The Labute approximate surface area is 157 Å². The summed E-state index contributed by atoms with van der Waals surface area (Å²) in [7, 11) is 0. The fraction of sp³-hybridized carbons (Fsp3) is 0.350. The number of para-hydroxylation sites is 1. The summed E-state index contributed by atoms with van der Waals surface area (Å²) in [5.41, 5.74) is 1.14. The predicted molar refractivity (Wildman–Crippen MR) is 105 cm³/mol. The van der Waals surface area contributed by atoms with Gasteiger partial charge < -0.3 is 5.32 Å². The molecule has 0 radical (unpaired) electrons. The number of hydrogen-bond donors (Lipinski definition) is 2. The summed E-state index contributed by atoms with van der Waals surface area (Å²) in [5.74, 6) is -0.0465. The van der Waals surface area contributed by atoms with Crippen molar-refractivity contribution in [1.29, 1.82) is 0 Å². The number of ketones is 1. The molecule has 5 nitrogen and oxygen atoms in total. The highest BCUT2D eigenvalue weighted by atomic mass is 32.1. The molecule has 136 valence electrons. The van der Waals surface area contributed by atoms with E-state index in [4.69, 9.17) is 0 Å². The molecule has 6 heteroatoms. The average molecular weight is 370 g/mol. The van der Waals surface area contributed by atoms with Crippen LogP contribution in [0.3, 0.4) is 0 Å². The van der Waals surface area contributed by atoms with E-state index in [1.807, 2.05) is 44.2 Å². The van der Waals surface area contributed by atoms with Crippen molar-refractivity contribution in [1.82, 2.24) is 9.88 Å². The second kappa shape index (κ2) is 7.11. The van der Waals surface area contributed by atoms with Crippen molar-refractivity contribution in [3.63, 3.8) is 0 Å². The van der Waals surface area contributed by atoms with E-state index >= 15 is 0 Å². The molecule has 2 aromatic rings. The first-order valence-corrected chi connectivity index (χ1v) is 9.24. The van der Waals surface area contributed by atoms with Gasteiger partial charge in [-0.25, -0.2) is 0 Å². The lowest BCUT2D eigenvalue weighted by molar-refractivity contribution is 0.0908. The van der Waals surface area contributed by atoms with Crippen molar-refractivity contribution in [3.05, 3.63) is 63.6 Å². The van der Waals surface area contributed by atoms with Crippen LogP contribution >= 0.6 is 12.6 Å². The van der Waals surface area contributed by atoms with E-state index in [1.54, 1.807) is 0 Å². The number of Topliss-reactive ketones (excluding diaryl/α,β-unsaturated/α-hetero) is 1. The van der Waals surface area contributed by atoms with Crippen LogP contribution < -0.4 is 10.9 Å².